The van der Waals surface area contributed by atoms with Crippen molar-refractivity contribution in [3.63, 3.8) is 0 Å². The second-order valence-corrected chi connectivity index (χ2v) is 5.92. The van der Waals surface area contributed by atoms with Gasteiger partial charge in [0.05, 0.1) is 0 Å². The number of hydrogen-bond donors (Lipinski definition) is 1. The normalized spacial score (nSPS) is 14.5. The summed E-state index contributed by atoms with van der Waals surface area (Å²) in [5.41, 5.74) is 0. The lowest BCUT2D eigenvalue weighted by atomic mass is 10.3. The van der Waals surface area contributed by atoms with Crippen LogP contribution in [-0.2, 0) is 4.79 Å². The second kappa shape index (κ2) is 10.7. The van der Waals surface area contributed by atoms with Gasteiger partial charge in [-0.2, -0.15) is 0 Å². The molecular formula is C16H25Cl2N3O2. The highest BCUT2D eigenvalue weighted by Gasteiger charge is 2.16. The molecule has 0 spiro atoms. The largest absolute Gasteiger partial charge is 0.492 e. The molecule has 0 unspecified atom stereocenters. The van der Waals surface area contributed by atoms with Crippen LogP contribution in [0.1, 0.15) is 6.42 Å². The van der Waals surface area contributed by atoms with Crippen molar-refractivity contribution in [1.82, 2.24) is 15.1 Å². The number of nitrogens with one attached hydrogen (secondary N) is 1. The standard InChI is InChI=1S/C16H24ClN3O2.ClH/c1-19(9-6-16(21)20-10-7-18-8-11-20)12-13-22-15-4-2-14(17)3-5-15;/h2-5,18H,6-13H2,1H3;1H. The van der Waals surface area contributed by atoms with Crippen molar-refractivity contribution in [1.29, 1.82) is 0 Å². The maximum absolute atomic E-state index is 12.1. The number of rotatable bonds is 7. The van der Waals surface area contributed by atoms with Crippen LogP contribution in [0.3, 0.4) is 0 Å². The average molecular weight is 362 g/mol. The minimum absolute atomic E-state index is 0. The number of benzene rings is 1. The molecule has 0 aliphatic carbocycles. The number of piperazine rings is 1. The molecule has 1 aromatic carbocycles. The predicted molar refractivity (Wildman–Crippen MR) is 95.8 cm³/mol. The lowest BCUT2D eigenvalue weighted by Gasteiger charge is -2.28. The van der Waals surface area contributed by atoms with Gasteiger partial charge >= 0.3 is 0 Å². The fourth-order valence-electron chi connectivity index (χ4n) is 2.32. The third kappa shape index (κ3) is 7.40. The van der Waals surface area contributed by atoms with Crippen molar-refractivity contribution in [2.75, 3.05) is 52.9 Å². The van der Waals surface area contributed by atoms with E-state index >= 15 is 0 Å². The van der Waals surface area contributed by atoms with E-state index in [0.717, 1.165) is 45.0 Å². The van der Waals surface area contributed by atoms with Crippen LogP contribution in [0, 0.1) is 0 Å². The number of carbonyl (C=O) groups excluding carboxylic acids is 1. The van der Waals surface area contributed by atoms with E-state index in [0.29, 0.717) is 18.1 Å². The van der Waals surface area contributed by atoms with Crippen molar-refractivity contribution < 1.29 is 9.53 Å². The van der Waals surface area contributed by atoms with Crippen LogP contribution in [0.25, 0.3) is 0 Å². The van der Waals surface area contributed by atoms with Gasteiger partial charge in [0, 0.05) is 50.7 Å². The molecule has 1 aliphatic rings. The van der Waals surface area contributed by atoms with Crippen molar-refractivity contribution in [2.24, 2.45) is 0 Å². The number of halogens is 2. The van der Waals surface area contributed by atoms with Crippen molar-refractivity contribution in [2.45, 2.75) is 6.42 Å². The van der Waals surface area contributed by atoms with Crippen LogP contribution < -0.4 is 10.1 Å². The van der Waals surface area contributed by atoms with Gasteiger partial charge in [0.25, 0.3) is 0 Å². The minimum Gasteiger partial charge on any atom is -0.492 e. The summed E-state index contributed by atoms with van der Waals surface area (Å²) >= 11 is 5.83. The summed E-state index contributed by atoms with van der Waals surface area (Å²) in [5, 5.41) is 3.96. The fourth-order valence-corrected chi connectivity index (χ4v) is 2.45. The molecule has 2 rings (SSSR count). The lowest BCUT2D eigenvalue weighted by Crippen LogP contribution is -2.47. The van der Waals surface area contributed by atoms with Gasteiger partial charge in [-0.1, -0.05) is 11.6 Å². The van der Waals surface area contributed by atoms with Gasteiger partial charge in [-0.25, -0.2) is 0 Å². The lowest BCUT2D eigenvalue weighted by molar-refractivity contribution is -0.132. The summed E-state index contributed by atoms with van der Waals surface area (Å²) in [7, 11) is 2.01. The molecule has 23 heavy (non-hydrogen) atoms. The number of ether oxygens (including phenoxy) is 1. The summed E-state index contributed by atoms with van der Waals surface area (Å²) in [6, 6.07) is 7.34. The first-order valence-electron chi connectivity index (χ1n) is 7.70. The van der Waals surface area contributed by atoms with Gasteiger partial charge in [-0.3, -0.25) is 4.79 Å². The Balaban J connectivity index is 0.00000264. The Kier molecular flexibility index (Phi) is 9.33. The molecular weight excluding hydrogens is 337 g/mol. The van der Waals surface area contributed by atoms with Gasteiger partial charge in [0.1, 0.15) is 12.4 Å². The molecule has 0 saturated carbocycles. The molecule has 1 fully saturated rings. The van der Waals surface area contributed by atoms with E-state index in [2.05, 4.69) is 10.2 Å². The van der Waals surface area contributed by atoms with E-state index < -0.39 is 0 Å². The molecule has 1 aromatic rings. The molecule has 0 atom stereocenters. The van der Waals surface area contributed by atoms with Crippen molar-refractivity contribution >= 4 is 29.9 Å². The van der Waals surface area contributed by atoms with Gasteiger partial charge in [-0.05, 0) is 31.3 Å². The molecule has 7 heteroatoms. The Morgan fingerprint density at radius 1 is 1.26 bits per heavy atom. The number of amides is 1. The Hall–Kier alpha value is -1.01. The number of hydrogen-bond acceptors (Lipinski definition) is 4. The van der Waals surface area contributed by atoms with Gasteiger partial charge < -0.3 is 19.9 Å². The molecule has 1 aliphatic heterocycles. The zero-order valence-corrected chi connectivity index (χ0v) is 15.0. The summed E-state index contributed by atoms with van der Waals surface area (Å²) in [6.45, 7) is 5.58. The van der Waals surface area contributed by atoms with E-state index in [-0.39, 0.29) is 18.3 Å². The maximum Gasteiger partial charge on any atom is 0.223 e. The van der Waals surface area contributed by atoms with Crippen LogP contribution >= 0.6 is 24.0 Å². The first-order valence-corrected chi connectivity index (χ1v) is 8.08. The summed E-state index contributed by atoms with van der Waals surface area (Å²) < 4.78 is 5.65. The number of carbonyl (C=O) groups is 1. The van der Waals surface area contributed by atoms with Crippen LogP contribution in [0.15, 0.2) is 24.3 Å². The molecule has 1 saturated heterocycles. The topological polar surface area (TPSA) is 44.8 Å². The molecule has 0 radical (unpaired) electrons. The van der Waals surface area contributed by atoms with Crippen LogP contribution in [0.2, 0.25) is 5.02 Å². The molecule has 1 amide bonds. The first kappa shape index (κ1) is 20.0. The van der Waals surface area contributed by atoms with Crippen molar-refractivity contribution in [3.8, 4) is 5.75 Å². The smallest absolute Gasteiger partial charge is 0.223 e. The third-order valence-corrected chi connectivity index (χ3v) is 3.98. The molecule has 5 nitrogen and oxygen atoms in total. The summed E-state index contributed by atoms with van der Waals surface area (Å²) in [6.07, 6.45) is 0.567. The average Bonchev–Trinajstić information content (AvgIpc) is 2.55. The Labute approximate surface area is 149 Å². The zero-order chi connectivity index (χ0) is 15.8. The SMILES string of the molecule is CN(CCOc1ccc(Cl)cc1)CCC(=O)N1CCNCC1.Cl. The first-order chi connectivity index (χ1) is 10.6. The van der Waals surface area contributed by atoms with E-state index in [1.165, 1.54) is 0 Å². The minimum atomic E-state index is 0. The highest BCUT2D eigenvalue weighted by atomic mass is 35.5. The fraction of sp³-hybridized carbons (Fsp3) is 0.562. The van der Waals surface area contributed by atoms with E-state index in [1.807, 2.05) is 36.2 Å². The monoisotopic (exact) mass is 361 g/mol. The van der Waals surface area contributed by atoms with E-state index in [1.54, 1.807) is 0 Å². The van der Waals surface area contributed by atoms with Gasteiger partial charge in [0.15, 0.2) is 0 Å². The molecule has 1 heterocycles. The van der Waals surface area contributed by atoms with Crippen LogP contribution in [0.5, 0.6) is 5.75 Å². The maximum atomic E-state index is 12.1. The van der Waals surface area contributed by atoms with E-state index in [4.69, 9.17) is 16.3 Å². The Bertz CT molecular complexity index is 465. The molecule has 130 valence electrons. The summed E-state index contributed by atoms with van der Waals surface area (Å²) in [5.74, 6) is 1.06. The van der Waals surface area contributed by atoms with E-state index in [9.17, 15) is 4.79 Å². The Morgan fingerprint density at radius 2 is 1.91 bits per heavy atom. The Morgan fingerprint density at radius 3 is 2.57 bits per heavy atom. The quantitative estimate of drug-likeness (QED) is 0.805. The zero-order valence-electron chi connectivity index (χ0n) is 13.5. The van der Waals surface area contributed by atoms with Crippen LogP contribution in [0.4, 0.5) is 0 Å². The molecule has 0 bridgehead atoms. The van der Waals surface area contributed by atoms with Crippen molar-refractivity contribution in [3.05, 3.63) is 29.3 Å². The van der Waals surface area contributed by atoms with Crippen LogP contribution in [-0.4, -0.2) is 68.6 Å². The highest BCUT2D eigenvalue weighted by molar-refractivity contribution is 6.30. The number of likely N-dealkylation sites (N-methyl/N-ethyl adjacent to an activating group) is 1. The van der Waals surface area contributed by atoms with Gasteiger partial charge in [-0.15, -0.1) is 12.4 Å². The third-order valence-electron chi connectivity index (χ3n) is 3.73. The highest BCUT2D eigenvalue weighted by Crippen LogP contribution is 2.15. The van der Waals surface area contributed by atoms with Gasteiger partial charge in [0.2, 0.25) is 5.91 Å². The second-order valence-electron chi connectivity index (χ2n) is 5.49. The summed E-state index contributed by atoms with van der Waals surface area (Å²) in [4.78, 5) is 16.1. The predicted octanol–water partition coefficient (Wildman–Crippen LogP) is 1.89. The molecule has 0 aromatic heterocycles. The molecule has 1 N–H and O–H groups in total. The number of nitrogens with zero attached hydrogens (tertiary/aromatic N) is 2.